The van der Waals surface area contributed by atoms with Crippen LogP contribution in [-0.2, 0) is 13.5 Å². The predicted molar refractivity (Wildman–Crippen MR) is 85.9 cm³/mol. The molecule has 0 aliphatic rings. The molecular formula is C16H22ClN3O. The molecule has 0 radical (unpaired) electrons. The quantitative estimate of drug-likeness (QED) is 0.854. The van der Waals surface area contributed by atoms with Crippen molar-refractivity contribution >= 4 is 11.6 Å². The second-order valence-corrected chi connectivity index (χ2v) is 5.54. The molecule has 2 rings (SSSR count). The van der Waals surface area contributed by atoms with E-state index in [0.29, 0.717) is 5.02 Å². The number of nitrogens with one attached hydrogen (secondary N) is 1. The molecule has 1 heterocycles. The summed E-state index contributed by atoms with van der Waals surface area (Å²) >= 11 is 6.00. The zero-order valence-corrected chi connectivity index (χ0v) is 13.5. The topological polar surface area (TPSA) is 39.1 Å². The Kier molecular flexibility index (Phi) is 5.65. The maximum absolute atomic E-state index is 6.01. The average Bonchev–Trinajstić information content (AvgIpc) is 2.84. The van der Waals surface area contributed by atoms with Gasteiger partial charge in [0.1, 0.15) is 17.7 Å². The summed E-state index contributed by atoms with van der Waals surface area (Å²) in [6, 6.07) is 7.68. The van der Waals surface area contributed by atoms with Crippen LogP contribution in [0.15, 0.2) is 36.7 Å². The number of likely N-dealkylation sites (N-methyl/N-ethyl adjacent to an activating group) is 1. The summed E-state index contributed by atoms with van der Waals surface area (Å²) in [4.78, 5) is 4.39. The molecule has 0 saturated carbocycles. The van der Waals surface area contributed by atoms with E-state index in [4.69, 9.17) is 16.3 Å². The second-order valence-electron chi connectivity index (χ2n) is 5.10. The normalized spacial score (nSPS) is 13.9. The molecule has 2 unspecified atom stereocenters. The Morgan fingerprint density at radius 2 is 2.24 bits per heavy atom. The lowest BCUT2D eigenvalue weighted by molar-refractivity contribution is 0.169. The molecule has 0 spiro atoms. The van der Waals surface area contributed by atoms with Gasteiger partial charge in [-0.25, -0.2) is 4.98 Å². The number of benzene rings is 1. The predicted octanol–water partition coefficient (Wildman–Crippen LogP) is 3.06. The Morgan fingerprint density at radius 3 is 2.86 bits per heavy atom. The van der Waals surface area contributed by atoms with Crippen LogP contribution in [0.5, 0.6) is 5.75 Å². The number of aryl methyl sites for hydroxylation is 1. The van der Waals surface area contributed by atoms with Crippen molar-refractivity contribution in [2.24, 2.45) is 7.05 Å². The van der Waals surface area contributed by atoms with Crippen LogP contribution >= 0.6 is 11.6 Å². The van der Waals surface area contributed by atoms with Gasteiger partial charge in [0.25, 0.3) is 0 Å². The number of hydrogen-bond acceptors (Lipinski definition) is 3. The third kappa shape index (κ3) is 4.48. The van der Waals surface area contributed by atoms with Crippen LogP contribution in [0.25, 0.3) is 0 Å². The van der Waals surface area contributed by atoms with Crippen molar-refractivity contribution in [2.45, 2.75) is 32.4 Å². The number of aromatic nitrogens is 2. The molecule has 1 N–H and O–H groups in total. The van der Waals surface area contributed by atoms with E-state index in [2.05, 4.69) is 24.1 Å². The Hall–Kier alpha value is -1.52. The fourth-order valence-electron chi connectivity index (χ4n) is 2.29. The number of hydrogen-bond donors (Lipinski definition) is 1. The molecule has 1 aromatic heterocycles. The summed E-state index contributed by atoms with van der Waals surface area (Å²) in [6.07, 6.45) is 4.61. The smallest absolute Gasteiger partial charge is 0.121 e. The molecule has 2 aromatic rings. The number of ether oxygens (including phenoxy) is 1. The summed E-state index contributed by atoms with van der Waals surface area (Å²) in [7, 11) is 2.01. The highest BCUT2D eigenvalue weighted by atomic mass is 35.5. The molecule has 0 amide bonds. The fourth-order valence-corrected chi connectivity index (χ4v) is 2.47. The molecule has 2 atom stereocenters. The van der Waals surface area contributed by atoms with Crippen molar-refractivity contribution in [3.8, 4) is 5.75 Å². The minimum Gasteiger partial charge on any atom is -0.489 e. The van der Waals surface area contributed by atoms with Gasteiger partial charge in [-0.3, -0.25) is 0 Å². The van der Waals surface area contributed by atoms with E-state index >= 15 is 0 Å². The van der Waals surface area contributed by atoms with E-state index in [9.17, 15) is 0 Å². The molecule has 5 heteroatoms. The third-order valence-corrected chi connectivity index (χ3v) is 3.71. The zero-order valence-electron chi connectivity index (χ0n) is 12.7. The summed E-state index contributed by atoms with van der Waals surface area (Å²) in [5, 5.41) is 4.16. The molecule has 114 valence electrons. The Labute approximate surface area is 131 Å². The van der Waals surface area contributed by atoms with Crippen LogP contribution in [0, 0.1) is 0 Å². The van der Waals surface area contributed by atoms with Crippen LogP contribution in [0.3, 0.4) is 0 Å². The monoisotopic (exact) mass is 307 g/mol. The van der Waals surface area contributed by atoms with Crippen LogP contribution in [-0.4, -0.2) is 28.2 Å². The van der Waals surface area contributed by atoms with Gasteiger partial charge in [-0.05, 0) is 31.7 Å². The first-order chi connectivity index (χ1) is 10.1. The van der Waals surface area contributed by atoms with Crippen molar-refractivity contribution < 1.29 is 4.74 Å². The lowest BCUT2D eigenvalue weighted by Gasteiger charge is -2.25. The van der Waals surface area contributed by atoms with Crippen molar-refractivity contribution in [1.29, 1.82) is 0 Å². The first kappa shape index (κ1) is 15.9. The van der Waals surface area contributed by atoms with Crippen molar-refractivity contribution in [1.82, 2.24) is 14.9 Å². The zero-order chi connectivity index (χ0) is 15.2. The molecule has 0 fully saturated rings. The largest absolute Gasteiger partial charge is 0.489 e. The third-order valence-electron chi connectivity index (χ3n) is 3.47. The highest BCUT2D eigenvalue weighted by Crippen LogP contribution is 2.19. The molecular weight excluding hydrogens is 286 g/mol. The summed E-state index contributed by atoms with van der Waals surface area (Å²) < 4.78 is 8.05. The van der Waals surface area contributed by atoms with Crippen molar-refractivity contribution in [3.05, 3.63) is 47.5 Å². The minimum absolute atomic E-state index is 0.0140. The molecule has 0 bridgehead atoms. The van der Waals surface area contributed by atoms with E-state index in [1.54, 1.807) is 0 Å². The maximum Gasteiger partial charge on any atom is 0.121 e. The molecule has 21 heavy (non-hydrogen) atoms. The maximum atomic E-state index is 6.01. The standard InChI is InChI=1S/C16H22ClN3O/c1-4-18-15(11-16-19-8-9-20(16)3)12(2)21-14-7-5-6-13(17)10-14/h5-10,12,15,18H,4,11H2,1-3H3. The van der Waals surface area contributed by atoms with Gasteiger partial charge in [0, 0.05) is 30.9 Å². The Morgan fingerprint density at radius 1 is 1.43 bits per heavy atom. The van der Waals surface area contributed by atoms with Gasteiger partial charge in [0.05, 0.1) is 6.04 Å². The van der Waals surface area contributed by atoms with Gasteiger partial charge in [0.15, 0.2) is 0 Å². The van der Waals surface area contributed by atoms with E-state index in [1.807, 2.05) is 48.3 Å². The number of imidazole rings is 1. The van der Waals surface area contributed by atoms with E-state index in [1.165, 1.54) is 0 Å². The Bertz CT molecular complexity index is 570. The van der Waals surface area contributed by atoms with Gasteiger partial charge in [-0.2, -0.15) is 0 Å². The summed E-state index contributed by atoms with van der Waals surface area (Å²) in [5.74, 6) is 1.83. The lowest BCUT2D eigenvalue weighted by atomic mass is 10.1. The molecule has 0 aliphatic heterocycles. The highest BCUT2D eigenvalue weighted by Gasteiger charge is 2.20. The van der Waals surface area contributed by atoms with E-state index in [-0.39, 0.29) is 12.1 Å². The van der Waals surface area contributed by atoms with Gasteiger partial charge < -0.3 is 14.6 Å². The number of rotatable bonds is 7. The van der Waals surface area contributed by atoms with Crippen LogP contribution in [0.2, 0.25) is 5.02 Å². The van der Waals surface area contributed by atoms with Gasteiger partial charge >= 0.3 is 0 Å². The van der Waals surface area contributed by atoms with Gasteiger partial charge in [-0.15, -0.1) is 0 Å². The van der Waals surface area contributed by atoms with Crippen molar-refractivity contribution in [2.75, 3.05) is 6.54 Å². The molecule has 4 nitrogen and oxygen atoms in total. The van der Waals surface area contributed by atoms with Gasteiger partial charge in [-0.1, -0.05) is 24.6 Å². The molecule has 1 aromatic carbocycles. The second kappa shape index (κ2) is 7.48. The van der Waals surface area contributed by atoms with Gasteiger partial charge in [0.2, 0.25) is 0 Å². The van der Waals surface area contributed by atoms with E-state index in [0.717, 1.165) is 24.5 Å². The number of nitrogens with zero attached hydrogens (tertiary/aromatic N) is 2. The number of halogens is 1. The summed E-state index contributed by atoms with van der Waals surface area (Å²) in [5.41, 5.74) is 0. The highest BCUT2D eigenvalue weighted by molar-refractivity contribution is 6.30. The van der Waals surface area contributed by atoms with E-state index < -0.39 is 0 Å². The Balaban J connectivity index is 2.04. The SMILES string of the molecule is CCNC(Cc1nccn1C)C(C)Oc1cccc(Cl)c1. The minimum atomic E-state index is 0.0140. The summed E-state index contributed by atoms with van der Waals surface area (Å²) in [6.45, 7) is 5.05. The first-order valence-electron chi connectivity index (χ1n) is 7.22. The average molecular weight is 308 g/mol. The molecule has 0 saturated heterocycles. The first-order valence-corrected chi connectivity index (χ1v) is 7.59. The van der Waals surface area contributed by atoms with Crippen LogP contribution < -0.4 is 10.1 Å². The lowest BCUT2D eigenvalue weighted by Crippen LogP contribution is -2.43. The van der Waals surface area contributed by atoms with Crippen LogP contribution in [0.4, 0.5) is 0 Å². The van der Waals surface area contributed by atoms with Crippen molar-refractivity contribution in [3.63, 3.8) is 0 Å². The van der Waals surface area contributed by atoms with Crippen LogP contribution in [0.1, 0.15) is 19.7 Å². The molecule has 0 aliphatic carbocycles. The fraction of sp³-hybridized carbons (Fsp3) is 0.438.